The standard InChI is InChI=1S/C14H30N2O3/c1-11(2)15-14(4,13(17)19-7)10-12(3)16(5)8-9-18-6/h11-12,15H,8-10H2,1-7H3. The Morgan fingerprint density at radius 1 is 1.32 bits per heavy atom. The van der Waals surface area contributed by atoms with E-state index in [0.717, 1.165) is 6.54 Å². The van der Waals surface area contributed by atoms with Gasteiger partial charge in [-0.05, 0) is 41.2 Å². The van der Waals surface area contributed by atoms with Crippen molar-refractivity contribution in [3.05, 3.63) is 0 Å². The largest absolute Gasteiger partial charge is 0.468 e. The molecule has 0 aliphatic rings. The summed E-state index contributed by atoms with van der Waals surface area (Å²) in [5, 5.41) is 3.32. The highest BCUT2D eigenvalue weighted by Crippen LogP contribution is 2.18. The zero-order valence-corrected chi connectivity index (χ0v) is 13.4. The molecule has 2 unspecified atom stereocenters. The van der Waals surface area contributed by atoms with Gasteiger partial charge < -0.3 is 14.4 Å². The molecule has 5 heteroatoms. The van der Waals surface area contributed by atoms with Gasteiger partial charge in [-0.25, -0.2) is 0 Å². The van der Waals surface area contributed by atoms with Gasteiger partial charge in [0, 0.05) is 25.7 Å². The van der Waals surface area contributed by atoms with E-state index in [9.17, 15) is 4.79 Å². The monoisotopic (exact) mass is 274 g/mol. The Hall–Kier alpha value is -0.650. The zero-order chi connectivity index (χ0) is 15.1. The lowest BCUT2D eigenvalue weighted by Crippen LogP contribution is -2.56. The number of carbonyl (C=O) groups is 1. The molecule has 0 aromatic carbocycles. The molecule has 0 aliphatic heterocycles. The van der Waals surface area contributed by atoms with E-state index in [4.69, 9.17) is 9.47 Å². The molecule has 5 nitrogen and oxygen atoms in total. The minimum absolute atomic E-state index is 0.215. The van der Waals surface area contributed by atoms with Crippen LogP contribution in [0.2, 0.25) is 0 Å². The lowest BCUT2D eigenvalue weighted by Gasteiger charge is -2.35. The molecule has 0 aliphatic carbocycles. The maximum absolute atomic E-state index is 12.0. The molecular formula is C14H30N2O3. The van der Waals surface area contributed by atoms with Gasteiger partial charge >= 0.3 is 5.97 Å². The number of carbonyl (C=O) groups excluding carboxylic acids is 1. The summed E-state index contributed by atoms with van der Waals surface area (Å²) in [7, 11) is 5.16. The molecule has 0 heterocycles. The fourth-order valence-corrected chi connectivity index (χ4v) is 2.27. The molecule has 1 N–H and O–H groups in total. The summed E-state index contributed by atoms with van der Waals surface area (Å²) in [6.45, 7) is 9.60. The number of nitrogens with zero attached hydrogens (tertiary/aromatic N) is 1. The molecule has 0 aromatic rings. The van der Waals surface area contributed by atoms with Gasteiger partial charge in [-0.1, -0.05) is 0 Å². The highest BCUT2D eigenvalue weighted by Gasteiger charge is 2.36. The van der Waals surface area contributed by atoms with Gasteiger partial charge in [-0.3, -0.25) is 10.1 Å². The van der Waals surface area contributed by atoms with E-state index in [1.165, 1.54) is 7.11 Å². The number of methoxy groups -OCH3 is 2. The van der Waals surface area contributed by atoms with E-state index < -0.39 is 5.54 Å². The smallest absolute Gasteiger partial charge is 0.325 e. The number of nitrogens with one attached hydrogen (secondary N) is 1. The number of esters is 1. The average Bonchev–Trinajstić information content (AvgIpc) is 2.33. The summed E-state index contributed by atoms with van der Waals surface area (Å²) in [5.41, 5.74) is -0.663. The highest BCUT2D eigenvalue weighted by atomic mass is 16.5. The summed E-state index contributed by atoms with van der Waals surface area (Å²) in [4.78, 5) is 14.2. The highest BCUT2D eigenvalue weighted by molar-refractivity contribution is 5.80. The number of rotatable bonds is 9. The van der Waals surface area contributed by atoms with Crippen LogP contribution in [0, 0.1) is 0 Å². The van der Waals surface area contributed by atoms with Gasteiger partial charge in [0.15, 0.2) is 0 Å². The quantitative estimate of drug-likeness (QED) is 0.642. The molecule has 2 atom stereocenters. The zero-order valence-electron chi connectivity index (χ0n) is 13.4. The van der Waals surface area contributed by atoms with Gasteiger partial charge in [0.1, 0.15) is 5.54 Å². The fourth-order valence-electron chi connectivity index (χ4n) is 2.27. The van der Waals surface area contributed by atoms with Gasteiger partial charge in [-0.15, -0.1) is 0 Å². The van der Waals surface area contributed by atoms with Crippen molar-refractivity contribution in [2.45, 2.75) is 51.7 Å². The van der Waals surface area contributed by atoms with E-state index in [1.54, 1.807) is 7.11 Å². The van der Waals surface area contributed by atoms with Crippen LogP contribution in [0.15, 0.2) is 0 Å². The molecule has 114 valence electrons. The van der Waals surface area contributed by atoms with Gasteiger partial charge in [-0.2, -0.15) is 0 Å². The van der Waals surface area contributed by atoms with Crippen molar-refractivity contribution in [1.29, 1.82) is 0 Å². The molecule has 0 rings (SSSR count). The second-order valence-electron chi connectivity index (χ2n) is 5.65. The van der Waals surface area contributed by atoms with Crippen molar-refractivity contribution in [2.75, 3.05) is 34.4 Å². The number of ether oxygens (including phenoxy) is 2. The number of hydrogen-bond donors (Lipinski definition) is 1. The SMILES string of the molecule is COCCN(C)C(C)CC(C)(NC(C)C)C(=O)OC. The predicted molar refractivity (Wildman–Crippen MR) is 77.3 cm³/mol. The van der Waals surface area contributed by atoms with Crippen molar-refractivity contribution >= 4 is 5.97 Å². The molecule has 0 saturated carbocycles. The number of likely N-dealkylation sites (N-methyl/N-ethyl adjacent to an activating group) is 1. The predicted octanol–water partition coefficient (Wildman–Crippen LogP) is 1.27. The molecule has 0 saturated heterocycles. The van der Waals surface area contributed by atoms with Crippen LogP contribution in [0.4, 0.5) is 0 Å². The molecule has 0 bridgehead atoms. The minimum atomic E-state index is -0.663. The maximum atomic E-state index is 12.0. The van der Waals surface area contributed by atoms with Crippen molar-refractivity contribution < 1.29 is 14.3 Å². The van der Waals surface area contributed by atoms with Gasteiger partial charge in [0.25, 0.3) is 0 Å². The molecular weight excluding hydrogens is 244 g/mol. The van der Waals surface area contributed by atoms with Crippen LogP contribution in [0.1, 0.15) is 34.1 Å². The molecule has 0 radical (unpaired) electrons. The molecule has 0 spiro atoms. The third-order valence-electron chi connectivity index (χ3n) is 3.35. The van der Waals surface area contributed by atoms with Crippen LogP contribution in [0.25, 0.3) is 0 Å². The van der Waals surface area contributed by atoms with Crippen LogP contribution in [-0.2, 0) is 14.3 Å². The minimum Gasteiger partial charge on any atom is -0.468 e. The lowest BCUT2D eigenvalue weighted by molar-refractivity contribution is -0.149. The first-order valence-electron chi connectivity index (χ1n) is 6.82. The van der Waals surface area contributed by atoms with Crippen molar-refractivity contribution in [3.8, 4) is 0 Å². The van der Waals surface area contributed by atoms with Crippen LogP contribution in [0.5, 0.6) is 0 Å². The summed E-state index contributed by atoms with van der Waals surface area (Å²) in [6, 6.07) is 0.478. The van der Waals surface area contributed by atoms with Crippen molar-refractivity contribution in [3.63, 3.8) is 0 Å². The molecule has 0 amide bonds. The van der Waals surface area contributed by atoms with E-state index in [-0.39, 0.29) is 18.1 Å². The Morgan fingerprint density at radius 2 is 1.89 bits per heavy atom. The van der Waals surface area contributed by atoms with Gasteiger partial charge in [0.2, 0.25) is 0 Å². The first-order chi connectivity index (χ1) is 8.76. The first-order valence-corrected chi connectivity index (χ1v) is 6.82. The molecule has 0 fully saturated rings. The Balaban J connectivity index is 4.67. The van der Waals surface area contributed by atoms with Crippen LogP contribution in [-0.4, -0.2) is 62.9 Å². The summed E-state index contributed by atoms with van der Waals surface area (Å²) in [6.07, 6.45) is 0.693. The summed E-state index contributed by atoms with van der Waals surface area (Å²) >= 11 is 0. The van der Waals surface area contributed by atoms with E-state index >= 15 is 0 Å². The topological polar surface area (TPSA) is 50.8 Å². The maximum Gasteiger partial charge on any atom is 0.325 e. The third-order valence-corrected chi connectivity index (χ3v) is 3.35. The van der Waals surface area contributed by atoms with Crippen LogP contribution >= 0.6 is 0 Å². The van der Waals surface area contributed by atoms with E-state index in [0.29, 0.717) is 13.0 Å². The van der Waals surface area contributed by atoms with Gasteiger partial charge in [0.05, 0.1) is 13.7 Å². The summed E-state index contributed by atoms with van der Waals surface area (Å²) in [5.74, 6) is -0.215. The number of hydrogen-bond acceptors (Lipinski definition) is 5. The second-order valence-corrected chi connectivity index (χ2v) is 5.65. The molecule has 0 aromatic heterocycles. The van der Waals surface area contributed by atoms with Crippen LogP contribution in [0.3, 0.4) is 0 Å². The Kier molecular flexibility index (Phi) is 8.22. The van der Waals surface area contributed by atoms with Crippen LogP contribution < -0.4 is 5.32 Å². The Morgan fingerprint density at radius 3 is 2.32 bits per heavy atom. The average molecular weight is 274 g/mol. The lowest BCUT2D eigenvalue weighted by atomic mass is 9.92. The van der Waals surface area contributed by atoms with E-state index in [2.05, 4.69) is 17.1 Å². The second kappa shape index (κ2) is 8.51. The Labute approximate surface area is 117 Å². The van der Waals surface area contributed by atoms with Crippen molar-refractivity contribution in [2.24, 2.45) is 0 Å². The molecule has 19 heavy (non-hydrogen) atoms. The summed E-state index contributed by atoms with van der Waals surface area (Å²) < 4.78 is 10.0. The third kappa shape index (κ3) is 6.36. The Bertz CT molecular complexity index is 271. The normalized spacial score (nSPS) is 16.5. The first kappa shape index (κ1) is 18.4. The van der Waals surface area contributed by atoms with E-state index in [1.807, 2.05) is 27.8 Å². The van der Waals surface area contributed by atoms with Crippen molar-refractivity contribution in [1.82, 2.24) is 10.2 Å². The fraction of sp³-hybridized carbons (Fsp3) is 0.929.